The van der Waals surface area contributed by atoms with Crippen LogP contribution in [-0.2, 0) is 9.53 Å². The van der Waals surface area contributed by atoms with Crippen molar-refractivity contribution in [2.45, 2.75) is 44.6 Å². The zero-order valence-electron chi connectivity index (χ0n) is 17.4. The van der Waals surface area contributed by atoms with Crippen molar-refractivity contribution in [3.8, 4) is 0 Å². The Hall–Kier alpha value is -3.41. The Morgan fingerprint density at radius 2 is 1.71 bits per heavy atom. The van der Waals surface area contributed by atoms with Crippen LogP contribution in [0.3, 0.4) is 0 Å². The Bertz CT molecular complexity index is 996. The van der Waals surface area contributed by atoms with Gasteiger partial charge in [-0.05, 0) is 62.8 Å². The number of amides is 2. The summed E-state index contributed by atoms with van der Waals surface area (Å²) in [5.41, 5.74) is 2.12. The highest BCUT2D eigenvalue weighted by Crippen LogP contribution is 2.33. The molecule has 0 atom stereocenters. The molecule has 2 aromatic rings. The van der Waals surface area contributed by atoms with E-state index >= 15 is 0 Å². The number of benzene rings is 2. The summed E-state index contributed by atoms with van der Waals surface area (Å²) < 4.78 is 5.36. The summed E-state index contributed by atoms with van der Waals surface area (Å²) >= 11 is 0. The van der Waals surface area contributed by atoms with Gasteiger partial charge in [-0.3, -0.25) is 9.59 Å². The SMILES string of the molecule is O=C(Nc1ccccc1C(=O)OCC(=O)N(C1=CCCCC1)C1CC1)c1ccccc1. The molecule has 0 aromatic heterocycles. The second-order valence-electron chi connectivity index (χ2n) is 7.88. The Labute approximate surface area is 181 Å². The van der Waals surface area contributed by atoms with Gasteiger partial charge in [0.1, 0.15) is 0 Å². The molecule has 1 saturated carbocycles. The highest BCUT2D eigenvalue weighted by atomic mass is 16.5. The minimum absolute atomic E-state index is 0.185. The van der Waals surface area contributed by atoms with E-state index in [0.29, 0.717) is 11.3 Å². The molecule has 0 radical (unpaired) electrons. The molecule has 1 N–H and O–H groups in total. The van der Waals surface area contributed by atoms with Crippen molar-refractivity contribution >= 4 is 23.5 Å². The Morgan fingerprint density at radius 1 is 0.968 bits per heavy atom. The van der Waals surface area contributed by atoms with Gasteiger partial charge in [0.15, 0.2) is 6.61 Å². The molecule has 0 spiro atoms. The van der Waals surface area contributed by atoms with Gasteiger partial charge in [0.05, 0.1) is 11.3 Å². The summed E-state index contributed by atoms with van der Waals surface area (Å²) in [6, 6.07) is 15.6. The van der Waals surface area contributed by atoms with Crippen LogP contribution in [-0.4, -0.2) is 35.3 Å². The second kappa shape index (κ2) is 9.60. The topological polar surface area (TPSA) is 75.7 Å². The van der Waals surface area contributed by atoms with Gasteiger partial charge >= 0.3 is 5.97 Å². The maximum atomic E-state index is 12.8. The number of para-hydroxylation sites is 1. The van der Waals surface area contributed by atoms with Crippen molar-refractivity contribution in [3.63, 3.8) is 0 Å². The summed E-state index contributed by atoms with van der Waals surface area (Å²) in [5, 5.41) is 2.75. The van der Waals surface area contributed by atoms with Crippen LogP contribution in [0.5, 0.6) is 0 Å². The standard InChI is InChI=1S/C25H26N2O4/c28-23(27(20-15-16-20)19-11-5-2-6-12-19)17-31-25(30)21-13-7-8-14-22(21)26-24(29)18-9-3-1-4-10-18/h1,3-4,7-11,13-14,20H,2,5-6,12,15-17H2,(H,26,29). The largest absolute Gasteiger partial charge is 0.452 e. The number of nitrogens with zero attached hydrogens (tertiary/aromatic N) is 1. The lowest BCUT2D eigenvalue weighted by atomic mass is 10.0. The fraction of sp³-hybridized carbons (Fsp3) is 0.320. The predicted molar refractivity (Wildman–Crippen MR) is 118 cm³/mol. The first-order valence-electron chi connectivity index (χ1n) is 10.8. The molecule has 0 bridgehead atoms. The van der Waals surface area contributed by atoms with E-state index in [1.165, 1.54) is 0 Å². The lowest BCUT2D eigenvalue weighted by molar-refractivity contribution is -0.133. The number of hydrogen-bond acceptors (Lipinski definition) is 4. The molecule has 0 saturated heterocycles. The highest BCUT2D eigenvalue weighted by Gasteiger charge is 2.35. The summed E-state index contributed by atoms with van der Waals surface area (Å²) in [4.78, 5) is 39.9. The summed E-state index contributed by atoms with van der Waals surface area (Å²) in [5.74, 6) is -1.14. The molecular weight excluding hydrogens is 392 g/mol. The molecule has 2 aromatic carbocycles. The third-order valence-electron chi connectivity index (χ3n) is 5.52. The molecule has 160 valence electrons. The third kappa shape index (κ3) is 5.20. The van der Waals surface area contributed by atoms with Crippen molar-refractivity contribution < 1.29 is 19.1 Å². The minimum atomic E-state index is -0.634. The van der Waals surface area contributed by atoms with Crippen LogP contribution in [0.4, 0.5) is 5.69 Å². The van der Waals surface area contributed by atoms with Crippen LogP contribution in [0, 0.1) is 0 Å². The molecule has 2 aliphatic rings. The van der Waals surface area contributed by atoms with E-state index in [9.17, 15) is 14.4 Å². The van der Waals surface area contributed by atoms with E-state index < -0.39 is 5.97 Å². The average Bonchev–Trinajstić information content (AvgIpc) is 3.64. The number of anilines is 1. The van der Waals surface area contributed by atoms with Gasteiger partial charge in [-0.1, -0.05) is 36.4 Å². The summed E-state index contributed by atoms with van der Waals surface area (Å²) in [6.07, 6.45) is 8.23. The van der Waals surface area contributed by atoms with E-state index in [0.717, 1.165) is 44.2 Å². The van der Waals surface area contributed by atoms with Gasteiger partial charge in [-0.2, -0.15) is 0 Å². The molecule has 6 heteroatoms. The molecule has 0 heterocycles. The van der Waals surface area contributed by atoms with Crippen LogP contribution in [0.15, 0.2) is 66.4 Å². The van der Waals surface area contributed by atoms with Crippen molar-refractivity contribution in [3.05, 3.63) is 77.5 Å². The number of allylic oxidation sites excluding steroid dienone is 2. The highest BCUT2D eigenvalue weighted by molar-refractivity contribution is 6.08. The van der Waals surface area contributed by atoms with Crippen LogP contribution < -0.4 is 5.32 Å². The molecule has 1 fully saturated rings. The number of carbonyl (C=O) groups excluding carboxylic acids is 3. The van der Waals surface area contributed by atoms with E-state index in [2.05, 4.69) is 11.4 Å². The first kappa shape index (κ1) is 20.8. The predicted octanol–water partition coefficient (Wildman–Crippen LogP) is 4.54. The van der Waals surface area contributed by atoms with Gasteiger partial charge in [-0.25, -0.2) is 4.79 Å². The first-order valence-corrected chi connectivity index (χ1v) is 10.8. The van der Waals surface area contributed by atoms with E-state index in [-0.39, 0.29) is 30.0 Å². The number of rotatable bonds is 7. The van der Waals surface area contributed by atoms with Crippen LogP contribution >= 0.6 is 0 Å². The zero-order chi connectivity index (χ0) is 21.6. The van der Waals surface area contributed by atoms with Gasteiger partial charge in [0, 0.05) is 17.3 Å². The zero-order valence-corrected chi connectivity index (χ0v) is 17.4. The molecule has 2 amide bonds. The molecule has 0 aliphatic heterocycles. The normalized spacial score (nSPS) is 15.5. The Balaban J connectivity index is 1.41. The van der Waals surface area contributed by atoms with Crippen LogP contribution in [0.25, 0.3) is 0 Å². The maximum Gasteiger partial charge on any atom is 0.340 e. The number of nitrogens with one attached hydrogen (secondary N) is 1. The minimum Gasteiger partial charge on any atom is -0.452 e. The van der Waals surface area contributed by atoms with E-state index in [1.807, 2.05) is 11.0 Å². The Morgan fingerprint density at radius 3 is 2.42 bits per heavy atom. The van der Waals surface area contributed by atoms with Crippen molar-refractivity contribution in [1.82, 2.24) is 4.90 Å². The maximum absolute atomic E-state index is 12.8. The summed E-state index contributed by atoms with van der Waals surface area (Å²) in [6.45, 7) is -0.312. The van der Waals surface area contributed by atoms with Crippen LogP contribution in [0.2, 0.25) is 0 Å². The Kier molecular flexibility index (Phi) is 6.46. The number of ether oxygens (including phenoxy) is 1. The molecular formula is C25H26N2O4. The average molecular weight is 418 g/mol. The van der Waals surface area contributed by atoms with Gasteiger partial charge in [-0.15, -0.1) is 0 Å². The molecule has 0 unspecified atom stereocenters. The fourth-order valence-electron chi connectivity index (χ4n) is 3.80. The van der Waals surface area contributed by atoms with Crippen molar-refractivity contribution in [2.24, 2.45) is 0 Å². The van der Waals surface area contributed by atoms with E-state index in [4.69, 9.17) is 4.74 Å². The molecule has 4 rings (SSSR count). The van der Waals surface area contributed by atoms with Gasteiger partial charge < -0.3 is 15.0 Å². The number of esters is 1. The lowest BCUT2D eigenvalue weighted by Gasteiger charge is -2.27. The quantitative estimate of drug-likeness (QED) is 0.670. The number of carbonyl (C=O) groups is 3. The van der Waals surface area contributed by atoms with Gasteiger partial charge in [0.2, 0.25) is 0 Å². The second-order valence-corrected chi connectivity index (χ2v) is 7.88. The molecule has 6 nitrogen and oxygen atoms in total. The fourth-order valence-corrected chi connectivity index (χ4v) is 3.80. The van der Waals surface area contributed by atoms with Crippen molar-refractivity contribution in [1.29, 1.82) is 0 Å². The smallest absolute Gasteiger partial charge is 0.340 e. The monoisotopic (exact) mass is 418 g/mol. The van der Waals surface area contributed by atoms with Crippen LogP contribution in [0.1, 0.15) is 59.2 Å². The first-order chi connectivity index (χ1) is 15.1. The molecule has 31 heavy (non-hydrogen) atoms. The summed E-state index contributed by atoms with van der Waals surface area (Å²) in [7, 11) is 0. The van der Waals surface area contributed by atoms with Crippen molar-refractivity contribution in [2.75, 3.05) is 11.9 Å². The van der Waals surface area contributed by atoms with Gasteiger partial charge in [0.25, 0.3) is 11.8 Å². The molecule has 2 aliphatic carbocycles. The lowest BCUT2D eigenvalue weighted by Crippen LogP contribution is -2.36. The number of hydrogen-bond donors (Lipinski definition) is 1. The van der Waals surface area contributed by atoms with E-state index in [1.54, 1.807) is 48.5 Å². The third-order valence-corrected chi connectivity index (χ3v) is 5.52.